The van der Waals surface area contributed by atoms with Crippen molar-refractivity contribution in [1.29, 1.82) is 0 Å². The van der Waals surface area contributed by atoms with Crippen molar-refractivity contribution >= 4 is 17.5 Å². The number of piperidine rings is 1. The fourth-order valence-corrected chi connectivity index (χ4v) is 3.22. The van der Waals surface area contributed by atoms with Gasteiger partial charge in [-0.3, -0.25) is 4.79 Å². The molecule has 2 aromatic rings. The van der Waals surface area contributed by atoms with E-state index >= 15 is 0 Å². The summed E-state index contributed by atoms with van der Waals surface area (Å²) in [4.78, 5) is 14.5. The standard InChI is InChI=1S/C17H18ClN3O2/c1-23-15-7-3-2-6-14(15)12-5-4-8-21(11-12)17(22)13-9-16(18)20-19-10-13/h2-3,6-7,9-10,12H,4-5,8,11H2,1H3/t12-/m0/s1. The summed E-state index contributed by atoms with van der Waals surface area (Å²) >= 11 is 5.83. The van der Waals surface area contributed by atoms with Crippen LogP contribution in [0.1, 0.15) is 34.7 Å². The Labute approximate surface area is 140 Å². The number of hydrogen-bond acceptors (Lipinski definition) is 4. The highest BCUT2D eigenvalue weighted by atomic mass is 35.5. The molecule has 1 aliphatic rings. The number of halogens is 1. The van der Waals surface area contributed by atoms with Crippen molar-refractivity contribution in [3.05, 3.63) is 52.8 Å². The van der Waals surface area contributed by atoms with Crippen LogP contribution in [-0.4, -0.2) is 41.2 Å². The van der Waals surface area contributed by atoms with E-state index in [1.165, 1.54) is 6.20 Å². The highest BCUT2D eigenvalue weighted by molar-refractivity contribution is 6.29. The molecule has 1 saturated heterocycles. The highest BCUT2D eigenvalue weighted by Crippen LogP contribution is 2.33. The second-order valence-corrected chi connectivity index (χ2v) is 5.99. The minimum absolute atomic E-state index is 0.0543. The summed E-state index contributed by atoms with van der Waals surface area (Å²) in [5, 5.41) is 7.67. The lowest BCUT2D eigenvalue weighted by Crippen LogP contribution is -2.39. The predicted molar refractivity (Wildman–Crippen MR) is 87.9 cm³/mol. The van der Waals surface area contributed by atoms with Gasteiger partial charge in [-0.15, -0.1) is 5.10 Å². The SMILES string of the molecule is COc1ccccc1[C@H]1CCCN(C(=O)c2cnnc(Cl)c2)C1. The summed E-state index contributed by atoms with van der Waals surface area (Å²) in [6.45, 7) is 1.41. The summed E-state index contributed by atoms with van der Waals surface area (Å²) in [6, 6.07) is 9.55. The fraction of sp³-hybridized carbons (Fsp3) is 0.353. The van der Waals surface area contributed by atoms with E-state index in [-0.39, 0.29) is 17.0 Å². The van der Waals surface area contributed by atoms with Crippen LogP contribution in [0.15, 0.2) is 36.5 Å². The van der Waals surface area contributed by atoms with Crippen molar-refractivity contribution in [1.82, 2.24) is 15.1 Å². The van der Waals surface area contributed by atoms with E-state index in [2.05, 4.69) is 16.3 Å². The van der Waals surface area contributed by atoms with Crippen LogP contribution in [0.5, 0.6) is 5.75 Å². The van der Waals surface area contributed by atoms with Gasteiger partial charge >= 0.3 is 0 Å². The molecule has 0 radical (unpaired) electrons. The molecule has 2 heterocycles. The van der Waals surface area contributed by atoms with E-state index in [0.29, 0.717) is 12.1 Å². The molecule has 0 spiro atoms. The molecule has 1 aromatic carbocycles. The van der Waals surface area contributed by atoms with Crippen molar-refractivity contribution in [3.63, 3.8) is 0 Å². The predicted octanol–water partition coefficient (Wildman–Crippen LogP) is 3.16. The number of aromatic nitrogens is 2. The van der Waals surface area contributed by atoms with Crippen LogP contribution in [-0.2, 0) is 0 Å². The van der Waals surface area contributed by atoms with Crippen LogP contribution in [0.25, 0.3) is 0 Å². The van der Waals surface area contributed by atoms with Crippen molar-refractivity contribution in [2.24, 2.45) is 0 Å². The molecule has 0 bridgehead atoms. The van der Waals surface area contributed by atoms with Gasteiger partial charge in [-0.2, -0.15) is 5.10 Å². The van der Waals surface area contributed by atoms with Gasteiger partial charge in [-0.1, -0.05) is 29.8 Å². The van der Waals surface area contributed by atoms with Crippen molar-refractivity contribution in [2.45, 2.75) is 18.8 Å². The number of para-hydroxylation sites is 1. The molecule has 23 heavy (non-hydrogen) atoms. The normalized spacial score (nSPS) is 17.8. The van der Waals surface area contributed by atoms with Gasteiger partial charge in [0.2, 0.25) is 0 Å². The Morgan fingerprint density at radius 1 is 1.39 bits per heavy atom. The lowest BCUT2D eigenvalue weighted by Gasteiger charge is -2.33. The number of carbonyl (C=O) groups excluding carboxylic acids is 1. The average molecular weight is 332 g/mol. The smallest absolute Gasteiger partial charge is 0.255 e. The van der Waals surface area contributed by atoms with Gasteiger partial charge in [-0.25, -0.2) is 0 Å². The molecule has 0 aliphatic carbocycles. The maximum atomic E-state index is 12.7. The summed E-state index contributed by atoms with van der Waals surface area (Å²) in [5.41, 5.74) is 1.63. The third-order valence-electron chi connectivity index (χ3n) is 4.16. The molecule has 1 fully saturated rings. The summed E-state index contributed by atoms with van der Waals surface area (Å²) in [7, 11) is 1.68. The van der Waals surface area contributed by atoms with Gasteiger partial charge in [0.25, 0.3) is 5.91 Å². The first-order valence-corrected chi connectivity index (χ1v) is 7.97. The zero-order chi connectivity index (χ0) is 16.2. The van der Waals surface area contributed by atoms with Crippen LogP contribution in [0.4, 0.5) is 0 Å². The number of rotatable bonds is 3. The molecular formula is C17H18ClN3O2. The van der Waals surface area contributed by atoms with E-state index in [1.54, 1.807) is 13.2 Å². The number of methoxy groups -OCH3 is 1. The van der Waals surface area contributed by atoms with Gasteiger partial charge in [-0.05, 0) is 30.5 Å². The Balaban J connectivity index is 1.79. The first-order valence-electron chi connectivity index (χ1n) is 7.59. The molecule has 0 saturated carbocycles. The number of carbonyl (C=O) groups is 1. The molecule has 1 amide bonds. The Bertz CT molecular complexity index is 708. The molecule has 0 unspecified atom stereocenters. The largest absolute Gasteiger partial charge is 0.496 e. The second-order valence-electron chi connectivity index (χ2n) is 5.60. The fourth-order valence-electron chi connectivity index (χ4n) is 3.06. The number of benzene rings is 1. The van der Waals surface area contributed by atoms with Crippen LogP contribution in [0.3, 0.4) is 0 Å². The lowest BCUT2D eigenvalue weighted by atomic mass is 9.89. The third kappa shape index (κ3) is 3.45. The number of hydrogen-bond donors (Lipinski definition) is 0. The zero-order valence-electron chi connectivity index (χ0n) is 12.9. The first-order chi connectivity index (χ1) is 11.2. The summed E-state index contributed by atoms with van der Waals surface area (Å²) in [6.07, 6.45) is 3.46. The quantitative estimate of drug-likeness (QED) is 0.867. The maximum absolute atomic E-state index is 12.7. The number of likely N-dealkylation sites (tertiary alicyclic amines) is 1. The van der Waals surface area contributed by atoms with Crippen LogP contribution in [0.2, 0.25) is 5.15 Å². The molecule has 1 aliphatic heterocycles. The molecular weight excluding hydrogens is 314 g/mol. The molecule has 6 heteroatoms. The van der Waals surface area contributed by atoms with Crippen LogP contribution < -0.4 is 4.74 Å². The molecule has 120 valence electrons. The molecule has 1 aromatic heterocycles. The Morgan fingerprint density at radius 2 is 2.22 bits per heavy atom. The highest BCUT2D eigenvalue weighted by Gasteiger charge is 2.27. The molecule has 3 rings (SSSR count). The van der Waals surface area contributed by atoms with Gasteiger partial charge < -0.3 is 9.64 Å². The van der Waals surface area contributed by atoms with Crippen molar-refractivity contribution in [3.8, 4) is 5.75 Å². The average Bonchev–Trinajstić information content (AvgIpc) is 2.61. The van der Waals surface area contributed by atoms with E-state index in [9.17, 15) is 4.79 Å². The second kappa shape index (κ2) is 6.96. The summed E-state index contributed by atoms with van der Waals surface area (Å²) in [5.74, 6) is 1.09. The number of nitrogens with zero attached hydrogens (tertiary/aromatic N) is 3. The van der Waals surface area contributed by atoms with E-state index in [0.717, 1.165) is 30.7 Å². The van der Waals surface area contributed by atoms with Crippen LogP contribution >= 0.6 is 11.6 Å². The van der Waals surface area contributed by atoms with E-state index in [4.69, 9.17) is 16.3 Å². The van der Waals surface area contributed by atoms with E-state index in [1.807, 2.05) is 23.1 Å². The van der Waals surface area contributed by atoms with Gasteiger partial charge in [0.15, 0.2) is 5.15 Å². The van der Waals surface area contributed by atoms with Gasteiger partial charge in [0, 0.05) is 19.0 Å². The zero-order valence-corrected chi connectivity index (χ0v) is 13.7. The Kier molecular flexibility index (Phi) is 4.76. The van der Waals surface area contributed by atoms with Gasteiger partial charge in [0.05, 0.1) is 18.9 Å². The Hall–Kier alpha value is -2.14. The minimum atomic E-state index is -0.0543. The van der Waals surface area contributed by atoms with Crippen LogP contribution in [0, 0.1) is 0 Å². The maximum Gasteiger partial charge on any atom is 0.255 e. The lowest BCUT2D eigenvalue weighted by molar-refractivity contribution is 0.0705. The molecule has 1 atom stereocenters. The van der Waals surface area contributed by atoms with Crippen molar-refractivity contribution < 1.29 is 9.53 Å². The first kappa shape index (κ1) is 15.7. The minimum Gasteiger partial charge on any atom is -0.496 e. The van der Waals surface area contributed by atoms with E-state index < -0.39 is 0 Å². The van der Waals surface area contributed by atoms with Crippen molar-refractivity contribution in [2.75, 3.05) is 20.2 Å². The number of ether oxygens (including phenoxy) is 1. The van der Waals surface area contributed by atoms with Gasteiger partial charge in [0.1, 0.15) is 5.75 Å². The molecule has 0 N–H and O–H groups in total. The Morgan fingerprint density at radius 3 is 3.00 bits per heavy atom. The topological polar surface area (TPSA) is 55.3 Å². The summed E-state index contributed by atoms with van der Waals surface area (Å²) < 4.78 is 5.46. The molecule has 5 nitrogen and oxygen atoms in total. The number of amides is 1. The third-order valence-corrected chi connectivity index (χ3v) is 4.34. The monoisotopic (exact) mass is 331 g/mol.